The Bertz CT molecular complexity index is 551. The van der Waals surface area contributed by atoms with Crippen LogP contribution in [0.3, 0.4) is 0 Å². The van der Waals surface area contributed by atoms with Crippen LogP contribution in [0.5, 0.6) is 0 Å². The molecule has 17 heavy (non-hydrogen) atoms. The number of rotatable bonds is 3. The van der Waals surface area contributed by atoms with Crippen molar-refractivity contribution in [1.29, 1.82) is 5.26 Å². The summed E-state index contributed by atoms with van der Waals surface area (Å²) in [6, 6.07) is 5.49. The highest BCUT2D eigenvalue weighted by Gasteiger charge is 2.08. The van der Waals surface area contributed by atoms with Crippen molar-refractivity contribution < 1.29 is 0 Å². The molecule has 0 amide bonds. The molecule has 2 aromatic rings. The summed E-state index contributed by atoms with van der Waals surface area (Å²) in [7, 11) is 0. The van der Waals surface area contributed by atoms with E-state index in [2.05, 4.69) is 15.1 Å². The van der Waals surface area contributed by atoms with Gasteiger partial charge >= 0.3 is 0 Å². The van der Waals surface area contributed by atoms with Crippen molar-refractivity contribution in [2.75, 3.05) is 0 Å². The van der Waals surface area contributed by atoms with Gasteiger partial charge in [-0.05, 0) is 13.0 Å². The van der Waals surface area contributed by atoms with Crippen molar-refractivity contribution >= 4 is 0 Å². The molecule has 2 heterocycles. The third-order valence-corrected chi connectivity index (χ3v) is 2.29. The van der Waals surface area contributed by atoms with Gasteiger partial charge in [0.05, 0.1) is 12.6 Å². The number of nitriles is 1. The van der Waals surface area contributed by atoms with E-state index < -0.39 is 0 Å². The third-order valence-electron chi connectivity index (χ3n) is 2.29. The van der Waals surface area contributed by atoms with Crippen molar-refractivity contribution in [2.24, 2.45) is 5.73 Å². The molecule has 2 rings (SSSR count). The molecule has 1 atom stereocenters. The minimum atomic E-state index is -0.194. The molecule has 2 N–H and O–H groups in total. The normalized spacial score (nSPS) is 12.1. The number of hydrogen-bond acceptors (Lipinski definition) is 5. The van der Waals surface area contributed by atoms with E-state index in [9.17, 15) is 0 Å². The minimum absolute atomic E-state index is 0.194. The Hall–Kier alpha value is -2.26. The van der Waals surface area contributed by atoms with Crippen LogP contribution in [0.15, 0.2) is 24.7 Å². The van der Waals surface area contributed by atoms with Gasteiger partial charge in [0.1, 0.15) is 18.1 Å². The summed E-state index contributed by atoms with van der Waals surface area (Å²) in [5.74, 6) is 0.590. The monoisotopic (exact) mass is 228 g/mol. The summed E-state index contributed by atoms with van der Waals surface area (Å²) in [6.45, 7) is 2.29. The molecule has 6 nitrogen and oxygen atoms in total. The number of nitrogens with two attached hydrogens (primary N) is 1. The van der Waals surface area contributed by atoms with E-state index in [1.165, 1.54) is 0 Å². The molecule has 1 unspecified atom stereocenters. The smallest absolute Gasteiger partial charge is 0.166 e. The lowest BCUT2D eigenvalue weighted by atomic mass is 10.2. The van der Waals surface area contributed by atoms with E-state index >= 15 is 0 Å². The molecule has 0 saturated carbocycles. The van der Waals surface area contributed by atoms with E-state index in [1.54, 1.807) is 23.3 Å². The fraction of sp³-hybridized carbons (Fsp3) is 0.273. The molecule has 0 aliphatic heterocycles. The van der Waals surface area contributed by atoms with Gasteiger partial charge in [-0.2, -0.15) is 10.4 Å². The molecule has 0 bridgehead atoms. The topological polar surface area (TPSA) is 93.4 Å². The first-order valence-electron chi connectivity index (χ1n) is 5.19. The predicted octanol–water partition coefficient (Wildman–Crippen LogP) is 0.613. The predicted molar refractivity (Wildman–Crippen MR) is 60.7 cm³/mol. The first-order chi connectivity index (χ1) is 8.20. The summed E-state index contributed by atoms with van der Waals surface area (Å²) < 4.78 is 1.65. The summed E-state index contributed by atoms with van der Waals surface area (Å²) in [6.07, 6.45) is 3.20. The Morgan fingerprint density at radius 3 is 3.00 bits per heavy atom. The second-order valence-electron chi connectivity index (χ2n) is 3.71. The van der Waals surface area contributed by atoms with E-state index in [0.717, 1.165) is 5.56 Å². The summed E-state index contributed by atoms with van der Waals surface area (Å²) in [5.41, 5.74) is 6.90. The molecule has 0 fully saturated rings. The maximum absolute atomic E-state index is 8.91. The van der Waals surface area contributed by atoms with Crippen LogP contribution in [0.25, 0.3) is 0 Å². The molecular weight excluding hydrogens is 216 g/mol. The maximum Gasteiger partial charge on any atom is 0.166 e. The SMILES string of the molecule is CC(N)c1ncn(Cc2cccnc2C#N)n1. The molecule has 0 aliphatic carbocycles. The Balaban J connectivity index is 2.23. The van der Waals surface area contributed by atoms with E-state index in [0.29, 0.717) is 18.1 Å². The number of aromatic nitrogens is 4. The molecule has 0 spiro atoms. The van der Waals surface area contributed by atoms with Crippen LogP contribution in [0.2, 0.25) is 0 Å². The number of nitrogens with zero attached hydrogens (tertiary/aromatic N) is 5. The van der Waals surface area contributed by atoms with Crippen LogP contribution in [-0.2, 0) is 6.54 Å². The van der Waals surface area contributed by atoms with Crippen molar-refractivity contribution in [1.82, 2.24) is 19.7 Å². The molecule has 0 aliphatic rings. The molecule has 0 saturated heterocycles. The molecule has 86 valence electrons. The van der Waals surface area contributed by atoms with E-state index in [-0.39, 0.29) is 6.04 Å². The van der Waals surface area contributed by atoms with Gasteiger partial charge in [-0.3, -0.25) is 0 Å². The van der Waals surface area contributed by atoms with Gasteiger partial charge in [0.2, 0.25) is 0 Å². The largest absolute Gasteiger partial charge is 0.321 e. The molecule has 0 radical (unpaired) electrons. The molecule has 2 aromatic heterocycles. The Morgan fingerprint density at radius 1 is 1.53 bits per heavy atom. The van der Waals surface area contributed by atoms with Crippen molar-refractivity contribution in [3.8, 4) is 6.07 Å². The van der Waals surface area contributed by atoms with Crippen molar-refractivity contribution in [3.05, 3.63) is 41.7 Å². The second kappa shape index (κ2) is 4.72. The maximum atomic E-state index is 8.91. The van der Waals surface area contributed by atoms with Gasteiger partial charge in [-0.15, -0.1) is 0 Å². The lowest BCUT2D eigenvalue weighted by Crippen LogP contribution is -2.09. The van der Waals surface area contributed by atoms with E-state index in [1.807, 2.05) is 19.1 Å². The van der Waals surface area contributed by atoms with Crippen LogP contribution in [-0.4, -0.2) is 19.7 Å². The molecular formula is C11H12N6. The third kappa shape index (κ3) is 2.46. The standard InChI is InChI=1S/C11H12N6/c1-8(13)11-15-7-17(16-11)6-9-3-2-4-14-10(9)5-12/h2-4,7-8H,6,13H2,1H3. The van der Waals surface area contributed by atoms with Crippen molar-refractivity contribution in [2.45, 2.75) is 19.5 Å². The van der Waals surface area contributed by atoms with Crippen molar-refractivity contribution in [3.63, 3.8) is 0 Å². The highest BCUT2D eigenvalue weighted by Crippen LogP contribution is 2.07. The zero-order chi connectivity index (χ0) is 12.3. The highest BCUT2D eigenvalue weighted by atomic mass is 15.3. The average molecular weight is 228 g/mol. The van der Waals surface area contributed by atoms with Crippen LogP contribution in [0, 0.1) is 11.3 Å². The minimum Gasteiger partial charge on any atom is -0.321 e. The molecule has 6 heteroatoms. The van der Waals surface area contributed by atoms with Crippen LogP contribution < -0.4 is 5.73 Å². The van der Waals surface area contributed by atoms with Crippen LogP contribution in [0.1, 0.15) is 30.0 Å². The summed E-state index contributed by atoms with van der Waals surface area (Å²) in [4.78, 5) is 8.08. The highest BCUT2D eigenvalue weighted by molar-refractivity contribution is 5.30. The Labute approximate surface area is 98.7 Å². The zero-order valence-electron chi connectivity index (χ0n) is 9.41. The van der Waals surface area contributed by atoms with Crippen LogP contribution in [0.4, 0.5) is 0 Å². The fourth-order valence-corrected chi connectivity index (χ4v) is 1.44. The zero-order valence-corrected chi connectivity index (χ0v) is 9.41. The fourth-order valence-electron chi connectivity index (χ4n) is 1.44. The van der Waals surface area contributed by atoms with Gasteiger partial charge in [0.15, 0.2) is 5.82 Å². The second-order valence-corrected chi connectivity index (χ2v) is 3.71. The lowest BCUT2D eigenvalue weighted by Gasteiger charge is -2.02. The Morgan fingerprint density at radius 2 is 2.35 bits per heavy atom. The average Bonchev–Trinajstić information content (AvgIpc) is 2.78. The number of hydrogen-bond donors (Lipinski definition) is 1. The first-order valence-corrected chi connectivity index (χ1v) is 5.19. The molecule has 0 aromatic carbocycles. The summed E-state index contributed by atoms with van der Waals surface area (Å²) in [5, 5.41) is 13.1. The van der Waals surface area contributed by atoms with Gasteiger partial charge in [0.25, 0.3) is 0 Å². The van der Waals surface area contributed by atoms with Gasteiger partial charge in [-0.25, -0.2) is 14.6 Å². The van der Waals surface area contributed by atoms with Gasteiger partial charge < -0.3 is 5.73 Å². The quantitative estimate of drug-likeness (QED) is 0.830. The van der Waals surface area contributed by atoms with E-state index in [4.69, 9.17) is 11.0 Å². The van der Waals surface area contributed by atoms with Crippen LogP contribution >= 0.6 is 0 Å². The first kappa shape index (κ1) is 11.2. The lowest BCUT2D eigenvalue weighted by molar-refractivity contribution is 0.647. The summed E-state index contributed by atoms with van der Waals surface area (Å²) >= 11 is 0. The van der Waals surface area contributed by atoms with Gasteiger partial charge in [0, 0.05) is 11.8 Å². The Kier molecular flexibility index (Phi) is 3.12. The number of pyridine rings is 1. The van der Waals surface area contributed by atoms with Gasteiger partial charge in [-0.1, -0.05) is 6.07 Å².